The van der Waals surface area contributed by atoms with Crippen LogP contribution in [0.5, 0.6) is 0 Å². The third-order valence-corrected chi connectivity index (χ3v) is 3.12. The third-order valence-electron chi connectivity index (χ3n) is 3.12. The van der Waals surface area contributed by atoms with E-state index in [9.17, 15) is 9.90 Å². The summed E-state index contributed by atoms with van der Waals surface area (Å²) in [6.07, 6.45) is 7.03. The lowest BCUT2D eigenvalue weighted by molar-refractivity contribution is -0.149. The van der Waals surface area contributed by atoms with Crippen molar-refractivity contribution in [3.8, 4) is 0 Å². The molecule has 1 aromatic carbocycles. The van der Waals surface area contributed by atoms with E-state index in [0.29, 0.717) is 6.61 Å². The van der Waals surface area contributed by atoms with Gasteiger partial charge in [0.2, 0.25) is 0 Å². The van der Waals surface area contributed by atoms with Gasteiger partial charge in [0.15, 0.2) is 0 Å². The minimum atomic E-state index is -0.869. The molecule has 0 amide bonds. The van der Waals surface area contributed by atoms with Gasteiger partial charge in [0.25, 0.3) is 0 Å². The van der Waals surface area contributed by atoms with Gasteiger partial charge in [-0.05, 0) is 12.5 Å². The van der Waals surface area contributed by atoms with Gasteiger partial charge in [-0.25, -0.2) is 0 Å². The fourth-order valence-corrected chi connectivity index (χ4v) is 2.00. The lowest BCUT2D eigenvalue weighted by atomic mass is 9.85. The first kappa shape index (κ1) is 12.6. The van der Waals surface area contributed by atoms with Crippen molar-refractivity contribution >= 4 is 5.97 Å². The molecule has 0 saturated heterocycles. The molecule has 0 bridgehead atoms. The van der Waals surface area contributed by atoms with Crippen molar-refractivity contribution in [1.29, 1.82) is 0 Å². The van der Waals surface area contributed by atoms with Gasteiger partial charge in [-0.1, -0.05) is 54.6 Å². The second-order valence-corrected chi connectivity index (χ2v) is 4.52. The number of hydrogen-bond acceptors (Lipinski definition) is 2. The molecule has 0 fully saturated rings. The summed E-state index contributed by atoms with van der Waals surface area (Å²) in [4.78, 5) is 11.2. The van der Waals surface area contributed by atoms with Gasteiger partial charge in [-0.15, -0.1) is 0 Å². The fraction of sp³-hybridized carbons (Fsp3) is 0.267. The monoisotopic (exact) mass is 244 g/mol. The number of carbonyl (C=O) groups is 1. The first-order valence-corrected chi connectivity index (χ1v) is 5.88. The number of benzene rings is 1. The van der Waals surface area contributed by atoms with E-state index in [2.05, 4.69) is 0 Å². The Bertz CT molecular complexity index is 476. The van der Waals surface area contributed by atoms with Crippen LogP contribution in [0.1, 0.15) is 12.5 Å². The standard InChI is InChI=1S/C15H16O3/c1-15(10-6-5-9-13(15)14(16)17)18-11-12-7-3-2-4-8-12/h2-10,13H,11H2,1H3,(H,16,17). The van der Waals surface area contributed by atoms with Crippen LogP contribution in [-0.2, 0) is 16.1 Å². The Labute approximate surface area is 106 Å². The lowest BCUT2D eigenvalue weighted by Gasteiger charge is -2.32. The zero-order valence-corrected chi connectivity index (χ0v) is 10.2. The summed E-state index contributed by atoms with van der Waals surface area (Å²) < 4.78 is 5.81. The Balaban J connectivity index is 2.09. The first-order valence-electron chi connectivity index (χ1n) is 5.88. The number of aliphatic carboxylic acids is 1. The summed E-state index contributed by atoms with van der Waals surface area (Å²) in [6, 6.07) is 9.73. The normalized spacial score (nSPS) is 26.2. The molecule has 3 heteroatoms. The molecule has 1 aliphatic carbocycles. The maximum Gasteiger partial charge on any atom is 0.313 e. The van der Waals surface area contributed by atoms with Crippen LogP contribution in [0.2, 0.25) is 0 Å². The SMILES string of the molecule is CC1(OCc2ccccc2)C=CC=CC1C(=O)O. The molecule has 0 aliphatic heterocycles. The van der Waals surface area contributed by atoms with Gasteiger partial charge in [-0.2, -0.15) is 0 Å². The van der Waals surface area contributed by atoms with Gasteiger partial charge < -0.3 is 9.84 Å². The Morgan fingerprint density at radius 2 is 2.06 bits per heavy atom. The molecule has 18 heavy (non-hydrogen) atoms. The minimum absolute atomic E-state index is 0.402. The van der Waals surface area contributed by atoms with Crippen molar-refractivity contribution in [3.63, 3.8) is 0 Å². The van der Waals surface area contributed by atoms with Crippen molar-refractivity contribution < 1.29 is 14.6 Å². The highest BCUT2D eigenvalue weighted by atomic mass is 16.5. The molecule has 2 unspecified atom stereocenters. The number of rotatable bonds is 4. The molecule has 3 nitrogen and oxygen atoms in total. The number of hydrogen-bond donors (Lipinski definition) is 1. The van der Waals surface area contributed by atoms with E-state index >= 15 is 0 Å². The third kappa shape index (κ3) is 2.68. The Hall–Kier alpha value is -1.87. The molecule has 0 spiro atoms. The largest absolute Gasteiger partial charge is 0.481 e. The molecule has 0 heterocycles. The van der Waals surface area contributed by atoms with Crippen molar-refractivity contribution in [2.45, 2.75) is 19.1 Å². The summed E-state index contributed by atoms with van der Waals surface area (Å²) in [5.41, 5.74) is 0.238. The average molecular weight is 244 g/mol. The molecule has 2 atom stereocenters. The summed E-state index contributed by atoms with van der Waals surface area (Å²) in [5.74, 6) is -1.52. The predicted molar refractivity (Wildman–Crippen MR) is 69.0 cm³/mol. The van der Waals surface area contributed by atoms with Crippen LogP contribution in [0.4, 0.5) is 0 Å². The van der Waals surface area contributed by atoms with Crippen LogP contribution >= 0.6 is 0 Å². The molecule has 0 aromatic heterocycles. The van der Waals surface area contributed by atoms with E-state index < -0.39 is 17.5 Å². The van der Waals surface area contributed by atoms with Gasteiger partial charge in [-0.3, -0.25) is 4.79 Å². The molecule has 0 saturated carbocycles. The van der Waals surface area contributed by atoms with Gasteiger partial charge >= 0.3 is 5.97 Å². The molecular weight excluding hydrogens is 228 g/mol. The average Bonchev–Trinajstić information content (AvgIpc) is 2.38. The molecule has 2 rings (SSSR count). The second-order valence-electron chi connectivity index (χ2n) is 4.52. The molecular formula is C15H16O3. The van der Waals surface area contributed by atoms with Gasteiger partial charge in [0, 0.05) is 0 Å². The quantitative estimate of drug-likeness (QED) is 0.885. The maximum atomic E-state index is 11.2. The van der Waals surface area contributed by atoms with E-state index in [1.165, 1.54) is 0 Å². The van der Waals surface area contributed by atoms with E-state index in [1.807, 2.05) is 36.4 Å². The van der Waals surface area contributed by atoms with Crippen molar-refractivity contribution in [2.24, 2.45) is 5.92 Å². The zero-order valence-electron chi connectivity index (χ0n) is 10.2. The Morgan fingerprint density at radius 1 is 1.33 bits per heavy atom. The van der Waals surface area contributed by atoms with E-state index in [-0.39, 0.29) is 0 Å². The first-order chi connectivity index (χ1) is 8.62. The summed E-state index contributed by atoms with van der Waals surface area (Å²) in [7, 11) is 0. The van der Waals surface area contributed by atoms with Crippen LogP contribution in [0.15, 0.2) is 54.6 Å². The van der Waals surface area contributed by atoms with Crippen LogP contribution in [-0.4, -0.2) is 16.7 Å². The van der Waals surface area contributed by atoms with Crippen molar-refractivity contribution in [3.05, 3.63) is 60.2 Å². The molecule has 94 valence electrons. The van der Waals surface area contributed by atoms with Gasteiger partial charge in [0.05, 0.1) is 6.61 Å². The fourth-order valence-electron chi connectivity index (χ4n) is 2.00. The smallest absolute Gasteiger partial charge is 0.313 e. The molecule has 1 N–H and O–H groups in total. The number of ether oxygens (including phenoxy) is 1. The highest BCUT2D eigenvalue weighted by Crippen LogP contribution is 2.29. The van der Waals surface area contributed by atoms with Crippen LogP contribution in [0.25, 0.3) is 0 Å². The zero-order chi connectivity index (χ0) is 13.0. The summed E-state index contributed by atoms with van der Waals surface area (Å²) >= 11 is 0. The highest BCUT2D eigenvalue weighted by Gasteiger charge is 2.37. The van der Waals surface area contributed by atoms with Crippen LogP contribution < -0.4 is 0 Å². The van der Waals surface area contributed by atoms with Crippen LogP contribution in [0, 0.1) is 5.92 Å². The Kier molecular flexibility index (Phi) is 3.63. The highest BCUT2D eigenvalue weighted by molar-refractivity contribution is 5.75. The van der Waals surface area contributed by atoms with E-state index in [0.717, 1.165) is 5.56 Å². The van der Waals surface area contributed by atoms with Crippen molar-refractivity contribution in [2.75, 3.05) is 0 Å². The maximum absolute atomic E-state index is 11.2. The number of carboxylic acids is 1. The number of carboxylic acid groups (broad SMARTS) is 1. The summed E-state index contributed by atoms with van der Waals surface area (Å²) in [5, 5.41) is 9.21. The van der Waals surface area contributed by atoms with Gasteiger partial charge in [0.1, 0.15) is 11.5 Å². The minimum Gasteiger partial charge on any atom is -0.481 e. The number of allylic oxidation sites excluding steroid dienone is 2. The second kappa shape index (κ2) is 5.19. The summed E-state index contributed by atoms with van der Waals surface area (Å²) in [6.45, 7) is 2.20. The molecule has 0 radical (unpaired) electrons. The topological polar surface area (TPSA) is 46.5 Å². The van der Waals surface area contributed by atoms with Crippen LogP contribution in [0.3, 0.4) is 0 Å². The Morgan fingerprint density at radius 3 is 2.72 bits per heavy atom. The van der Waals surface area contributed by atoms with E-state index in [4.69, 9.17) is 4.74 Å². The molecule has 1 aromatic rings. The lowest BCUT2D eigenvalue weighted by Crippen LogP contribution is -2.40. The van der Waals surface area contributed by atoms with E-state index in [1.54, 1.807) is 25.2 Å². The molecule has 1 aliphatic rings. The van der Waals surface area contributed by atoms with Crippen molar-refractivity contribution in [1.82, 2.24) is 0 Å². The predicted octanol–water partition coefficient (Wildman–Crippen LogP) is 2.79.